The maximum Gasteiger partial charge on any atom is 0.266 e. The van der Waals surface area contributed by atoms with Gasteiger partial charge in [0.2, 0.25) is 5.95 Å². The van der Waals surface area contributed by atoms with E-state index in [9.17, 15) is 9.90 Å². The van der Waals surface area contributed by atoms with E-state index in [4.69, 9.17) is 10.7 Å². The molecule has 0 aliphatic heterocycles. The van der Waals surface area contributed by atoms with Gasteiger partial charge in [0.25, 0.3) is 5.56 Å². The smallest absolute Gasteiger partial charge is 0.266 e. The number of aliphatic hydroxyl groups is 1. The summed E-state index contributed by atoms with van der Waals surface area (Å²) in [5.41, 5.74) is 8.82. The lowest BCUT2D eigenvalue weighted by molar-refractivity contribution is 0.122. The molecule has 2 aromatic heterocycles. The van der Waals surface area contributed by atoms with Crippen molar-refractivity contribution in [3.63, 3.8) is 0 Å². The molecule has 1 aromatic carbocycles. The third-order valence-electron chi connectivity index (χ3n) is 6.08. The summed E-state index contributed by atoms with van der Waals surface area (Å²) in [5.74, 6) is 0.779. The molecule has 1 aliphatic rings. The van der Waals surface area contributed by atoms with Crippen molar-refractivity contribution in [2.45, 2.75) is 64.0 Å². The van der Waals surface area contributed by atoms with Crippen molar-refractivity contribution in [1.29, 1.82) is 0 Å². The number of pyridine rings is 1. The molecule has 0 radical (unpaired) electrons. The molecule has 0 saturated heterocycles. The van der Waals surface area contributed by atoms with Crippen LogP contribution in [0.1, 0.15) is 57.4 Å². The number of aromatic nitrogens is 3. The van der Waals surface area contributed by atoms with E-state index in [1.54, 1.807) is 22.9 Å². The fourth-order valence-corrected chi connectivity index (χ4v) is 4.05. The molecule has 7 nitrogen and oxygen atoms in total. The maximum absolute atomic E-state index is 13.3. The van der Waals surface area contributed by atoms with Gasteiger partial charge in [-0.2, -0.15) is 0 Å². The first-order chi connectivity index (χ1) is 14.5. The van der Waals surface area contributed by atoms with Crippen LogP contribution < -0.4 is 16.6 Å². The van der Waals surface area contributed by atoms with Gasteiger partial charge in [0, 0.05) is 29.8 Å². The number of nitrogen functional groups attached to an aromatic ring is 1. The van der Waals surface area contributed by atoms with Crippen LogP contribution in [0.25, 0.3) is 16.6 Å². The van der Waals surface area contributed by atoms with Crippen LogP contribution in [0.15, 0.2) is 41.5 Å². The number of nitrogens with two attached hydrogens (primary N) is 1. The van der Waals surface area contributed by atoms with Crippen molar-refractivity contribution in [1.82, 2.24) is 14.5 Å². The van der Waals surface area contributed by atoms with E-state index in [1.807, 2.05) is 18.3 Å². The molecule has 7 heteroatoms. The maximum atomic E-state index is 13.3. The molecular weight excluding hydrogens is 378 g/mol. The number of anilines is 2. The van der Waals surface area contributed by atoms with Gasteiger partial charge in [0.05, 0.1) is 17.0 Å². The van der Waals surface area contributed by atoms with E-state index in [0.29, 0.717) is 22.5 Å². The van der Waals surface area contributed by atoms with E-state index < -0.39 is 0 Å². The lowest BCUT2D eigenvalue weighted by Gasteiger charge is -2.27. The zero-order chi connectivity index (χ0) is 21.3. The van der Waals surface area contributed by atoms with Gasteiger partial charge in [0.1, 0.15) is 0 Å². The summed E-state index contributed by atoms with van der Waals surface area (Å²) in [6.07, 6.45) is 7.51. The molecule has 1 atom stereocenters. The largest absolute Gasteiger partial charge is 0.399 e. The summed E-state index contributed by atoms with van der Waals surface area (Å²) in [6.45, 7) is 4.18. The molecule has 4 N–H and O–H groups in total. The molecular formula is C23H29N5O2. The van der Waals surface area contributed by atoms with Crippen molar-refractivity contribution in [2.75, 3.05) is 11.1 Å². The highest BCUT2D eigenvalue weighted by atomic mass is 16.3. The van der Waals surface area contributed by atoms with E-state index in [2.05, 4.69) is 24.1 Å². The topological polar surface area (TPSA) is 106 Å². The zero-order valence-electron chi connectivity index (χ0n) is 17.5. The van der Waals surface area contributed by atoms with Crippen LogP contribution in [0, 0.1) is 0 Å². The minimum atomic E-state index is -0.243. The SMILES string of the molecule is CC[C@H](C)Nc1ncc2c(=O)n(-c3ccc(N)cc3)cc(C3CCC(O)CC3)c2n1. The Morgan fingerprint density at radius 2 is 1.93 bits per heavy atom. The molecule has 0 unspecified atom stereocenters. The van der Waals surface area contributed by atoms with Crippen LogP contribution in [0.4, 0.5) is 11.6 Å². The first-order valence-corrected chi connectivity index (χ1v) is 10.7. The second kappa shape index (κ2) is 8.44. The number of nitrogens with one attached hydrogen (secondary N) is 1. The van der Waals surface area contributed by atoms with Crippen molar-refractivity contribution in [3.05, 3.63) is 52.6 Å². The van der Waals surface area contributed by atoms with Gasteiger partial charge in [0.15, 0.2) is 0 Å². The number of hydrogen-bond acceptors (Lipinski definition) is 6. The molecule has 158 valence electrons. The number of fused-ring (bicyclic) bond motifs is 1. The Morgan fingerprint density at radius 3 is 2.60 bits per heavy atom. The Labute approximate surface area is 176 Å². The van der Waals surface area contributed by atoms with E-state index in [1.165, 1.54) is 0 Å². The molecule has 4 rings (SSSR count). The lowest BCUT2D eigenvalue weighted by Crippen LogP contribution is -2.24. The molecule has 2 heterocycles. The highest BCUT2D eigenvalue weighted by Gasteiger charge is 2.25. The van der Waals surface area contributed by atoms with Crippen LogP contribution in [0.3, 0.4) is 0 Å². The molecule has 3 aromatic rings. The van der Waals surface area contributed by atoms with Crippen molar-refractivity contribution in [3.8, 4) is 5.69 Å². The fraction of sp³-hybridized carbons (Fsp3) is 0.435. The Bertz CT molecular complexity index is 1090. The third-order valence-corrected chi connectivity index (χ3v) is 6.08. The Balaban J connectivity index is 1.88. The molecule has 0 amide bonds. The molecule has 0 bridgehead atoms. The molecule has 1 aliphatic carbocycles. The summed E-state index contributed by atoms with van der Waals surface area (Å²) >= 11 is 0. The predicted octanol–water partition coefficient (Wildman–Crippen LogP) is 3.59. The summed E-state index contributed by atoms with van der Waals surface area (Å²) in [7, 11) is 0. The highest BCUT2D eigenvalue weighted by molar-refractivity contribution is 5.82. The van der Waals surface area contributed by atoms with Gasteiger partial charge in [-0.3, -0.25) is 9.36 Å². The van der Waals surface area contributed by atoms with E-state index in [0.717, 1.165) is 43.4 Å². The minimum absolute atomic E-state index is 0.149. The van der Waals surface area contributed by atoms with Crippen molar-refractivity contribution < 1.29 is 5.11 Å². The molecule has 30 heavy (non-hydrogen) atoms. The number of nitrogens with zero attached hydrogens (tertiary/aromatic N) is 3. The van der Waals surface area contributed by atoms with Gasteiger partial charge in [-0.15, -0.1) is 0 Å². The van der Waals surface area contributed by atoms with E-state index in [-0.39, 0.29) is 23.6 Å². The summed E-state index contributed by atoms with van der Waals surface area (Å²) < 4.78 is 1.66. The predicted molar refractivity (Wildman–Crippen MR) is 120 cm³/mol. The van der Waals surface area contributed by atoms with Crippen molar-refractivity contribution >= 4 is 22.5 Å². The van der Waals surface area contributed by atoms with Gasteiger partial charge in [-0.1, -0.05) is 6.92 Å². The second-order valence-corrected chi connectivity index (χ2v) is 8.27. The average molecular weight is 408 g/mol. The quantitative estimate of drug-likeness (QED) is 0.558. The number of hydrogen-bond donors (Lipinski definition) is 3. The van der Waals surface area contributed by atoms with E-state index >= 15 is 0 Å². The van der Waals surface area contributed by atoms with Crippen LogP contribution in [-0.4, -0.2) is 31.8 Å². The lowest BCUT2D eigenvalue weighted by atomic mass is 9.82. The standard InChI is InChI=1S/C23H29N5O2/c1-3-14(2)26-23-25-12-19-21(27-23)20(15-4-10-18(29)11-5-15)13-28(22(19)30)17-8-6-16(24)7-9-17/h6-9,12-15,18,29H,3-5,10-11,24H2,1-2H3,(H,25,26,27)/t14-,15?,18?/m0/s1. The number of benzene rings is 1. The van der Waals surface area contributed by atoms with Gasteiger partial charge in [-0.05, 0) is 74.8 Å². The first-order valence-electron chi connectivity index (χ1n) is 10.7. The summed E-state index contributed by atoms with van der Waals surface area (Å²) in [4.78, 5) is 22.4. The van der Waals surface area contributed by atoms with Crippen LogP contribution in [0.5, 0.6) is 0 Å². The molecule has 1 fully saturated rings. The summed E-state index contributed by atoms with van der Waals surface area (Å²) in [5, 5.41) is 13.8. The molecule has 0 spiro atoms. The van der Waals surface area contributed by atoms with Crippen molar-refractivity contribution in [2.24, 2.45) is 0 Å². The number of rotatable bonds is 5. The van der Waals surface area contributed by atoms with Gasteiger partial charge in [-0.25, -0.2) is 9.97 Å². The second-order valence-electron chi connectivity index (χ2n) is 8.27. The van der Waals surface area contributed by atoms with Crippen LogP contribution in [0.2, 0.25) is 0 Å². The minimum Gasteiger partial charge on any atom is -0.399 e. The van der Waals surface area contributed by atoms with Gasteiger partial charge < -0.3 is 16.2 Å². The fourth-order valence-electron chi connectivity index (χ4n) is 4.05. The normalized spacial score (nSPS) is 20.2. The Hall–Kier alpha value is -2.93. The van der Waals surface area contributed by atoms with Gasteiger partial charge >= 0.3 is 0 Å². The van der Waals surface area contributed by atoms with Crippen LogP contribution in [-0.2, 0) is 0 Å². The monoisotopic (exact) mass is 407 g/mol. The highest BCUT2D eigenvalue weighted by Crippen LogP contribution is 2.35. The zero-order valence-corrected chi connectivity index (χ0v) is 17.5. The Morgan fingerprint density at radius 1 is 1.23 bits per heavy atom. The average Bonchev–Trinajstić information content (AvgIpc) is 2.75. The van der Waals surface area contributed by atoms with Crippen LogP contribution >= 0.6 is 0 Å². The summed E-state index contributed by atoms with van der Waals surface area (Å²) in [6, 6.07) is 7.51. The Kier molecular flexibility index (Phi) is 5.72. The first kappa shape index (κ1) is 20.3. The number of aliphatic hydroxyl groups excluding tert-OH is 1. The third kappa shape index (κ3) is 4.03. The molecule has 1 saturated carbocycles.